The molecule has 0 saturated heterocycles. The van der Waals surface area contributed by atoms with E-state index in [0.29, 0.717) is 5.75 Å². The smallest absolute Gasteiger partial charge is 0.137 e. The minimum absolute atomic E-state index is 0.562. The average Bonchev–Trinajstić information content (AvgIpc) is 1.61. The van der Waals surface area contributed by atoms with E-state index in [-0.39, 0.29) is 0 Å². The van der Waals surface area contributed by atoms with Gasteiger partial charge in [-0.3, -0.25) is 0 Å². The van der Waals surface area contributed by atoms with Crippen LogP contribution in [0.15, 0.2) is 0 Å². The zero-order chi connectivity index (χ0) is 6.57. The summed E-state index contributed by atoms with van der Waals surface area (Å²) in [5, 5.41) is 4.99. The van der Waals surface area contributed by atoms with Crippen molar-refractivity contribution in [3.05, 3.63) is 0 Å². The minimum atomic E-state index is -1.13. The predicted molar refractivity (Wildman–Crippen MR) is 35.8 cm³/mol. The van der Waals surface area contributed by atoms with Gasteiger partial charge in [-0.1, -0.05) is 0 Å². The van der Waals surface area contributed by atoms with Crippen molar-refractivity contribution in [2.75, 3.05) is 26.4 Å². The van der Waals surface area contributed by atoms with E-state index in [2.05, 4.69) is 0 Å². The molecular formula is C4H12N2OS. The summed E-state index contributed by atoms with van der Waals surface area (Å²) in [7, 11) is 3.85. The van der Waals surface area contributed by atoms with Gasteiger partial charge in [0.15, 0.2) is 0 Å². The molecule has 0 fully saturated rings. The molecule has 2 N–H and O–H groups in total. The quantitative estimate of drug-likeness (QED) is 0.515. The van der Waals surface area contributed by atoms with Crippen LogP contribution in [0.1, 0.15) is 0 Å². The van der Waals surface area contributed by atoms with Crippen molar-refractivity contribution < 1.29 is 4.55 Å². The molecule has 8 heavy (non-hydrogen) atoms. The zero-order valence-corrected chi connectivity index (χ0v) is 6.07. The molecule has 0 heterocycles. The van der Waals surface area contributed by atoms with Crippen molar-refractivity contribution in [1.29, 1.82) is 0 Å². The first-order valence-corrected chi connectivity index (χ1v) is 3.78. The second-order valence-electron chi connectivity index (χ2n) is 1.89. The molecule has 0 aliphatic rings. The maximum absolute atomic E-state index is 10.2. The van der Waals surface area contributed by atoms with Crippen molar-refractivity contribution in [3.63, 3.8) is 0 Å². The number of hydrogen-bond acceptors (Lipinski definition) is 3. The molecule has 0 rings (SSSR count). The fourth-order valence-corrected chi connectivity index (χ4v) is 0.818. The van der Waals surface area contributed by atoms with Crippen LogP contribution < -0.4 is 5.14 Å². The maximum Gasteiger partial charge on any atom is 0.137 e. The monoisotopic (exact) mass is 136 g/mol. The molecule has 4 heteroatoms. The SMILES string of the molecule is CN(C)CC[S+](N)[O-]. The molecule has 0 spiro atoms. The fourth-order valence-electron chi connectivity index (χ4n) is 0.273. The Morgan fingerprint density at radius 3 is 2.25 bits per heavy atom. The highest BCUT2D eigenvalue weighted by Gasteiger charge is 1.97. The van der Waals surface area contributed by atoms with Gasteiger partial charge in [0.1, 0.15) is 5.75 Å². The van der Waals surface area contributed by atoms with Gasteiger partial charge in [-0.25, -0.2) is 0 Å². The second kappa shape index (κ2) is 4.14. The Morgan fingerprint density at radius 2 is 2.12 bits per heavy atom. The largest absolute Gasteiger partial charge is 0.598 e. The molecule has 0 aliphatic heterocycles. The number of nitrogens with two attached hydrogens (primary N) is 1. The van der Waals surface area contributed by atoms with E-state index in [1.807, 2.05) is 19.0 Å². The van der Waals surface area contributed by atoms with E-state index < -0.39 is 11.4 Å². The van der Waals surface area contributed by atoms with Gasteiger partial charge in [0, 0.05) is 17.9 Å². The van der Waals surface area contributed by atoms with Crippen molar-refractivity contribution in [1.82, 2.24) is 4.90 Å². The molecule has 1 atom stereocenters. The summed E-state index contributed by atoms with van der Waals surface area (Å²) in [5.74, 6) is 0.562. The number of rotatable bonds is 3. The van der Waals surface area contributed by atoms with E-state index in [1.165, 1.54) is 0 Å². The van der Waals surface area contributed by atoms with Gasteiger partial charge in [-0.15, -0.1) is 0 Å². The first-order chi connectivity index (χ1) is 3.63. The van der Waals surface area contributed by atoms with E-state index in [0.717, 1.165) is 6.54 Å². The van der Waals surface area contributed by atoms with Crippen LogP contribution in [-0.4, -0.2) is 35.8 Å². The molecule has 0 aromatic rings. The molecule has 0 radical (unpaired) electrons. The molecule has 50 valence electrons. The van der Waals surface area contributed by atoms with Gasteiger partial charge in [0.2, 0.25) is 0 Å². The summed E-state index contributed by atoms with van der Waals surface area (Å²) in [6, 6.07) is 0. The Kier molecular flexibility index (Phi) is 4.26. The summed E-state index contributed by atoms with van der Waals surface area (Å²) in [4.78, 5) is 1.95. The molecule has 3 nitrogen and oxygen atoms in total. The lowest BCUT2D eigenvalue weighted by atomic mass is 10.7. The fraction of sp³-hybridized carbons (Fsp3) is 1.00. The highest BCUT2D eigenvalue weighted by Crippen LogP contribution is 1.78. The lowest BCUT2D eigenvalue weighted by molar-refractivity contribution is 0.432. The zero-order valence-electron chi connectivity index (χ0n) is 5.26. The van der Waals surface area contributed by atoms with Gasteiger partial charge in [0.05, 0.1) is 0 Å². The average molecular weight is 136 g/mol. The maximum atomic E-state index is 10.2. The van der Waals surface area contributed by atoms with Crippen molar-refractivity contribution in [2.24, 2.45) is 5.14 Å². The molecule has 0 aromatic heterocycles. The lowest BCUT2D eigenvalue weighted by Gasteiger charge is -2.08. The first kappa shape index (κ1) is 8.23. The second-order valence-corrected chi connectivity index (χ2v) is 3.06. The third-order valence-corrected chi connectivity index (χ3v) is 1.32. The van der Waals surface area contributed by atoms with Crippen LogP contribution >= 0.6 is 0 Å². The Labute approximate surface area is 53.2 Å². The van der Waals surface area contributed by atoms with E-state index in [9.17, 15) is 4.55 Å². The van der Waals surface area contributed by atoms with Crippen LogP contribution in [0.5, 0.6) is 0 Å². The molecule has 0 aromatic carbocycles. The number of nitrogens with zero attached hydrogens (tertiary/aromatic N) is 1. The van der Waals surface area contributed by atoms with E-state index >= 15 is 0 Å². The Hall–Kier alpha value is 0.230. The lowest BCUT2D eigenvalue weighted by Crippen LogP contribution is -2.26. The van der Waals surface area contributed by atoms with Gasteiger partial charge < -0.3 is 9.45 Å². The van der Waals surface area contributed by atoms with Crippen LogP contribution in [0.3, 0.4) is 0 Å². The Balaban J connectivity index is 2.93. The Morgan fingerprint density at radius 1 is 1.62 bits per heavy atom. The van der Waals surface area contributed by atoms with Gasteiger partial charge >= 0.3 is 0 Å². The van der Waals surface area contributed by atoms with Gasteiger partial charge in [-0.2, -0.15) is 5.14 Å². The van der Waals surface area contributed by atoms with Crippen molar-refractivity contribution >= 4 is 11.4 Å². The third-order valence-electron chi connectivity index (χ3n) is 0.740. The van der Waals surface area contributed by atoms with Crippen molar-refractivity contribution in [2.45, 2.75) is 0 Å². The molecule has 0 saturated carbocycles. The normalized spacial score (nSPS) is 14.6. The van der Waals surface area contributed by atoms with Crippen LogP contribution in [0.25, 0.3) is 0 Å². The summed E-state index contributed by atoms with van der Waals surface area (Å²) in [6.07, 6.45) is 0. The molecule has 0 aliphatic carbocycles. The van der Waals surface area contributed by atoms with E-state index in [4.69, 9.17) is 5.14 Å². The van der Waals surface area contributed by atoms with Gasteiger partial charge in [-0.05, 0) is 14.1 Å². The Bertz CT molecular complexity index is 50.0. The predicted octanol–water partition coefficient (Wildman–Crippen LogP) is -0.830. The first-order valence-electron chi connectivity index (χ1n) is 2.40. The van der Waals surface area contributed by atoms with Gasteiger partial charge in [0.25, 0.3) is 0 Å². The molecule has 1 unspecified atom stereocenters. The van der Waals surface area contributed by atoms with Crippen LogP contribution in [0.2, 0.25) is 0 Å². The molecule has 0 bridgehead atoms. The third kappa shape index (κ3) is 6.23. The molecular weight excluding hydrogens is 124 g/mol. The van der Waals surface area contributed by atoms with Crippen molar-refractivity contribution in [3.8, 4) is 0 Å². The van der Waals surface area contributed by atoms with Crippen LogP contribution in [0, 0.1) is 0 Å². The minimum Gasteiger partial charge on any atom is -0.598 e. The summed E-state index contributed by atoms with van der Waals surface area (Å²) in [6.45, 7) is 0.795. The van der Waals surface area contributed by atoms with E-state index in [1.54, 1.807) is 0 Å². The summed E-state index contributed by atoms with van der Waals surface area (Å²) in [5.41, 5.74) is 0. The van der Waals surface area contributed by atoms with Crippen LogP contribution in [0.4, 0.5) is 0 Å². The highest BCUT2D eigenvalue weighted by molar-refractivity contribution is 7.89. The topological polar surface area (TPSA) is 52.3 Å². The standard InChI is InChI=1S/C4H12N2OS/c1-6(2)3-4-8(5)7/h3-5H2,1-2H3. The number of hydrogen-bond donors (Lipinski definition) is 1. The summed E-state index contributed by atoms with van der Waals surface area (Å²) < 4.78 is 10.2. The highest BCUT2D eigenvalue weighted by atomic mass is 32.2. The molecule has 0 amide bonds. The summed E-state index contributed by atoms with van der Waals surface area (Å²) >= 11 is -1.13. The van der Waals surface area contributed by atoms with Crippen LogP contribution in [-0.2, 0) is 11.4 Å².